The Morgan fingerprint density at radius 3 is 2.45 bits per heavy atom. The molecule has 4 heteroatoms. The second-order valence-electron chi connectivity index (χ2n) is 5.23. The van der Waals surface area contributed by atoms with Gasteiger partial charge in [0.15, 0.2) is 0 Å². The lowest BCUT2D eigenvalue weighted by Crippen LogP contribution is -2.13. The SMILES string of the molecule is CCCOc1cc(C)c(Cl)c(C)c1CCC(CO)CO. The largest absolute Gasteiger partial charge is 0.493 e. The van der Waals surface area contributed by atoms with Gasteiger partial charge in [0.2, 0.25) is 0 Å². The first kappa shape index (κ1) is 17.3. The third-order valence-corrected chi connectivity index (χ3v) is 4.14. The van der Waals surface area contributed by atoms with Crippen LogP contribution in [-0.2, 0) is 6.42 Å². The van der Waals surface area contributed by atoms with Crippen LogP contribution in [0.25, 0.3) is 0 Å². The number of ether oxygens (including phenoxy) is 1. The van der Waals surface area contributed by atoms with E-state index in [1.807, 2.05) is 19.9 Å². The molecule has 0 bridgehead atoms. The fourth-order valence-corrected chi connectivity index (χ4v) is 2.37. The predicted octanol–water partition coefficient (Wildman–Crippen LogP) is 3.28. The topological polar surface area (TPSA) is 49.7 Å². The summed E-state index contributed by atoms with van der Waals surface area (Å²) in [6.45, 7) is 6.72. The number of benzene rings is 1. The van der Waals surface area contributed by atoms with Crippen LogP contribution in [0.15, 0.2) is 6.07 Å². The van der Waals surface area contributed by atoms with Crippen molar-refractivity contribution in [1.82, 2.24) is 0 Å². The number of hydrogen-bond acceptors (Lipinski definition) is 3. The molecular weight excluding hydrogens is 276 g/mol. The van der Waals surface area contributed by atoms with Crippen molar-refractivity contribution in [3.63, 3.8) is 0 Å². The summed E-state index contributed by atoms with van der Waals surface area (Å²) < 4.78 is 5.82. The van der Waals surface area contributed by atoms with Gasteiger partial charge in [0, 0.05) is 24.2 Å². The van der Waals surface area contributed by atoms with E-state index in [0.29, 0.717) is 6.61 Å². The first-order valence-corrected chi connectivity index (χ1v) is 7.55. The molecule has 2 N–H and O–H groups in total. The zero-order chi connectivity index (χ0) is 15.1. The van der Waals surface area contributed by atoms with Crippen LogP contribution < -0.4 is 4.74 Å². The van der Waals surface area contributed by atoms with E-state index in [1.54, 1.807) is 0 Å². The van der Waals surface area contributed by atoms with E-state index >= 15 is 0 Å². The van der Waals surface area contributed by atoms with Gasteiger partial charge in [-0.05, 0) is 55.9 Å². The standard InChI is InChI=1S/C16H25ClO3/c1-4-7-20-15-8-11(2)16(17)12(3)14(15)6-5-13(9-18)10-19/h8,13,18-19H,4-7,9-10H2,1-3H3. The molecule has 0 heterocycles. The maximum Gasteiger partial charge on any atom is 0.123 e. The Balaban J connectivity index is 2.98. The minimum absolute atomic E-state index is 0.000289. The van der Waals surface area contributed by atoms with Crippen molar-refractivity contribution in [2.75, 3.05) is 19.8 Å². The highest BCUT2D eigenvalue weighted by molar-refractivity contribution is 6.32. The van der Waals surface area contributed by atoms with Gasteiger partial charge >= 0.3 is 0 Å². The highest BCUT2D eigenvalue weighted by Gasteiger charge is 2.15. The summed E-state index contributed by atoms with van der Waals surface area (Å²) in [7, 11) is 0. The summed E-state index contributed by atoms with van der Waals surface area (Å²) >= 11 is 6.32. The van der Waals surface area contributed by atoms with Crippen LogP contribution in [0, 0.1) is 19.8 Å². The molecule has 114 valence electrons. The molecule has 0 radical (unpaired) electrons. The van der Waals surface area contributed by atoms with Gasteiger partial charge in [-0.15, -0.1) is 0 Å². The predicted molar refractivity (Wildman–Crippen MR) is 82.7 cm³/mol. The third-order valence-electron chi connectivity index (χ3n) is 3.55. The average molecular weight is 301 g/mol. The normalized spacial score (nSPS) is 11.2. The molecule has 0 amide bonds. The summed E-state index contributed by atoms with van der Waals surface area (Å²) in [4.78, 5) is 0. The fraction of sp³-hybridized carbons (Fsp3) is 0.625. The first-order chi connectivity index (χ1) is 9.54. The van der Waals surface area contributed by atoms with E-state index in [4.69, 9.17) is 26.6 Å². The number of halogens is 1. The fourth-order valence-electron chi connectivity index (χ4n) is 2.20. The summed E-state index contributed by atoms with van der Waals surface area (Å²) in [6, 6.07) is 1.98. The number of hydrogen-bond donors (Lipinski definition) is 2. The summed E-state index contributed by atoms with van der Waals surface area (Å²) in [6.07, 6.45) is 2.42. The Labute approximate surface area is 126 Å². The van der Waals surface area contributed by atoms with Crippen LogP contribution >= 0.6 is 11.6 Å². The van der Waals surface area contributed by atoms with E-state index in [9.17, 15) is 0 Å². The van der Waals surface area contributed by atoms with Crippen LogP contribution in [0.5, 0.6) is 5.75 Å². The van der Waals surface area contributed by atoms with Gasteiger partial charge in [0.1, 0.15) is 5.75 Å². The van der Waals surface area contributed by atoms with Gasteiger partial charge in [-0.1, -0.05) is 18.5 Å². The molecule has 0 spiro atoms. The monoisotopic (exact) mass is 300 g/mol. The lowest BCUT2D eigenvalue weighted by atomic mass is 9.95. The van der Waals surface area contributed by atoms with Gasteiger partial charge in [-0.3, -0.25) is 0 Å². The van der Waals surface area contributed by atoms with Crippen LogP contribution in [-0.4, -0.2) is 30.0 Å². The number of rotatable bonds is 8. The quantitative estimate of drug-likeness (QED) is 0.774. The number of aliphatic hydroxyl groups is 2. The Kier molecular flexibility index (Phi) is 7.35. The van der Waals surface area contributed by atoms with E-state index in [1.165, 1.54) is 0 Å². The summed E-state index contributed by atoms with van der Waals surface area (Å²) in [5, 5.41) is 19.1. The van der Waals surface area contributed by atoms with Crippen molar-refractivity contribution < 1.29 is 14.9 Å². The van der Waals surface area contributed by atoms with E-state index in [-0.39, 0.29) is 19.1 Å². The highest BCUT2D eigenvalue weighted by atomic mass is 35.5. The minimum atomic E-state index is -0.0893. The van der Waals surface area contributed by atoms with Crippen molar-refractivity contribution in [3.05, 3.63) is 27.8 Å². The van der Waals surface area contributed by atoms with Crippen molar-refractivity contribution in [1.29, 1.82) is 0 Å². The van der Waals surface area contributed by atoms with Gasteiger partial charge < -0.3 is 14.9 Å². The molecule has 0 aromatic heterocycles. The van der Waals surface area contributed by atoms with Gasteiger partial charge in [-0.2, -0.15) is 0 Å². The van der Waals surface area contributed by atoms with E-state index < -0.39 is 0 Å². The lowest BCUT2D eigenvalue weighted by molar-refractivity contribution is 0.144. The molecule has 0 aliphatic rings. The zero-order valence-corrected chi connectivity index (χ0v) is 13.3. The first-order valence-electron chi connectivity index (χ1n) is 7.18. The van der Waals surface area contributed by atoms with E-state index in [0.717, 1.165) is 46.7 Å². The molecular formula is C16H25ClO3. The number of aliphatic hydroxyl groups excluding tert-OH is 2. The molecule has 0 unspecified atom stereocenters. The molecule has 0 aliphatic carbocycles. The molecule has 0 aliphatic heterocycles. The molecule has 0 fully saturated rings. The van der Waals surface area contributed by atoms with Crippen molar-refractivity contribution >= 4 is 11.6 Å². The van der Waals surface area contributed by atoms with Crippen LogP contribution in [0.3, 0.4) is 0 Å². The summed E-state index contributed by atoms with van der Waals surface area (Å²) in [5.74, 6) is 0.786. The van der Waals surface area contributed by atoms with Gasteiger partial charge in [0.25, 0.3) is 0 Å². The molecule has 1 aromatic carbocycles. The van der Waals surface area contributed by atoms with Gasteiger partial charge in [-0.25, -0.2) is 0 Å². The molecule has 3 nitrogen and oxygen atoms in total. The molecule has 1 rings (SSSR count). The average Bonchev–Trinajstić information content (AvgIpc) is 2.45. The third kappa shape index (κ3) is 4.37. The van der Waals surface area contributed by atoms with Crippen LogP contribution in [0.4, 0.5) is 0 Å². The molecule has 20 heavy (non-hydrogen) atoms. The van der Waals surface area contributed by atoms with Gasteiger partial charge in [0.05, 0.1) is 6.61 Å². The van der Waals surface area contributed by atoms with Crippen molar-refractivity contribution in [2.45, 2.75) is 40.0 Å². The Morgan fingerprint density at radius 2 is 1.90 bits per heavy atom. The minimum Gasteiger partial charge on any atom is -0.493 e. The maximum atomic E-state index is 9.17. The lowest BCUT2D eigenvalue weighted by Gasteiger charge is -2.18. The molecule has 1 aromatic rings. The molecule has 0 saturated heterocycles. The Bertz CT molecular complexity index is 428. The zero-order valence-electron chi connectivity index (χ0n) is 12.6. The van der Waals surface area contributed by atoms with Crippen molar-refractivity contribution in [3.8, 4) is 5.75 Å². The second kappa shape index (κ2) is 8.50. The maximum absolute atomic E-state index is 9.17. The Morgan fingerprint density at radius 1 is 1.25 bits per heavy atom. The Hall–Kier alpha value is -0.770. The van der Waals surface area contributed by atoms with Crippen molar-refractivity contribution in [2.24, 2.45) is 5.92 Å². The van der Waals surface area contributed by atoms with E-state index in [2.05, 4.69) is 6.92 Å². The van der Waals surface area contributed by atoms with Crippen LogP contribution in [0.1, 0.15) is 36.5 Å². The highest BCUT2D eigenvalue weighted by Crippen LogP contribution is 2.33. The van der Waals surface area contributed by atoms with Crippen LogP contribution in [0.2, 0.25) is 5.02 Å². The molecule has 0 atom stereocenters. The molecule has 0 saturated carbocycles. The summed E-state index contributed by atoms with van der Waals surface area (Å²) in [5.41, 5.74) is 3.13. The number of aryl methyl sites for hydroxylation is 1. The smallest absolute Gasteiger partial charge is 0.123 e. The second-order valence-corrected chi connectivity index (χ2v) is 5.61.